The van der Waals surface area contributed by atoms with Crippen molar-refractivity contribution in [3.8, 4) is 5.75 Å². The van der Waals surface area contributed by atoms with Gasteiger partial charge in [-0.3, -0.25) is 0 Å². The van der Waals surface area contributed by atoms with Crippen molar-refractivity contribution in [1.82, 2.24) is 0 Å². The summed E-state index contributed by atoms with van der Waals surface area (Å²) in [5, 5.41) is 11.0. The largest absolute Gasteiger partial charge is 0.508 e. The highest BCUT2D eigenvalue weighted by atomic mass is 16.3. The average Bonchev–Trinajstić information content (AvgIpc) is 3.15. The molecule has 0 aliphatic rings. The van der Waals surface area contributed by atoms with E-state index in [9.17, 15) is 5.11 Å². The minimum atomic E-state index is 0.573. The number of aromatic hydroxyl groups is 1. The average molecular weight is 727 g/mol. The molecule has 0 aliphatic heterocycles. The van der Waals surface area contributed by atoms with Crippen molar-refractivity contribution < 1.29 is 5.11 Å². The van der Waals surface area contributed by atoms with Crippen molar-refractivity contribution in [2.45, 2.75) is 291 Å². The summed E-state index contributed by atoms with van der Waals surface area (Å²) in [6.07, 6.45) is 55.0. The van der Waals surface area contributed by atoms with Crippen LogP contribution in [0.25, 0.3) is 0 Å². The van der Waals surface area contributed by atoms with Crippen LogP contribution < -0.4 is 0 Å². The molecule has 0 saturated heterocycles. The second-order valence-electron chi connectivity index (χ2n) is 16.8. The van der Waals surface area contributed by atoms with Crippen molar-refractivity contribution in [3.63, 3.8) is 0 Å². The summed E-state index contributed by atoms with van der Waals surface area (Å²) in [5.41, 5.74) is 4.20. The minimum absolute atomic E-state index is 0.573. The van der Waals surface area contributed by atoms with Gasteiger partial charge in [0.25, 0.3) is 0 Å². The maximum atomic E-state index is 11.0. The van der Waals surface area contributed by atoms with Crippen molar-refractivity contribution >= 4 is 0 Å². The van der Waals surface area contributed by atoms with Gasteiger partial charge >= 0.3 is 0 Å². The maximum Gasteiger partial charge on any atom is 0.119 e. The quantitative estimate of drug-likeness (QED) is 0.0670. The van der Waals surface area contributed by atoms with Gasteiger partial charge in [0.1, 0.15) is 5.75 Å². The smallest absolute Gasteiger partial charge is 0.119 e. The lowest BCUT2D eigenvalue weighted by Gasteiger charge is -2.15. The van der Waals surface area contributed by atoms with Crippen LogP contribution in [0, 0.1) is 0 Å². The number of hydrogen-bond donors (Lipinski definition) is 1. The normalized spacial score (nSPS) is 11.2. The van der Waals surface area contributed by atoms with Crippen LogP contribution in [-0.2, 0) is 19.3 Å². The van der Waals surface area contributed by atoms with E-state index in [1.807, 2.05) is 0 Å². The molecule has 1 heteroatoms. The van der Waals surface area contributed by atoms with Gasteiger partial charge in [-0.2, -0.15) is 0 Å². The number of phenols is 1. The van der Waals surface area contributed by atoms with E-state index in [1.54, 1.807) is 5.56 Å². The molecule has 0 aliphatic carbocycles. The Hall–Kier alpha value is -0.980. The minimum Gasteiger partial charge on any atom is -0.508 e. The summed E-state index contributed by atoms with van der Waals surface area (Å²) in [7, 11) is 0. The van der Waals surface area contributed by atoms with Crippen LogP contribution in [0.15, 0.2) is 12.1 Å². The third kappa shape index (κ3) is 34.8. The van der Waals surface area contributed by atoms with Crippen molar-refractivity contribution in [2.24, 2.45) is 0 Å². The molecule has 0 fully saturated rings. The molecule has 0 saturated carbocycles. The summed E-state index contributed by atoms with van der Waals surface area (Å²) in [6.45, 7) is 11.4. The molecule has 1 N–H and O–H groups in total. The second kappa shape index (κ2) is 42.8. The Morgan fingerprint density at radius 1 is 0.250 bits per heavy atom. The summed E-state index contributed by atoms with van der Waals surface area (Å²) < 4.78 is 0. The molecular formula is C51H98O. The van der Waals surface area contributed by atoms with Crippen molar-refractivity contribution in [2.75, 3.05) is 0 Å². The van der Waals surface area contributed by atoms with E-state index >= 15 is 0 Å². The highest BCUT2D eigenvalue weighted by Gasteiger charge is 2.10. The highest BCUT2D eigenvalue weighted by molar-refractivity contribution is 5.42. The first-order valence-electron chi connectivity index (χ1n) is 24.5. The molecule has 0 bridgehead atoms. The van der Waals surface area contributed by atoms with E-state index in [2.05, 4.69) is 46.8 Å². The number of aryl methyl sites for hydroxylation is 3. The molecular weight excluding hydrogens is 629 g/mol. The van der Waals surface area contributed by atoms with Gasteiger partial charge in [0, 0.05) is 0 Å². The summed E-state index contributed by atoms with van der Waals surface area (Å²) >= 11 is 0. The van der Waals surface area contributed by atoms with E-state index < -0.39 is 0 Å². The Morgan fingerprint density at radius 2 is 0.442 bits per heavy atom. The Kier molecular flexibility index (Phi) is 42.0. The van der Waals surface area contributed by atoms with Gasteiger partial charge in [-0.05, 0) is 61.3 Å². The lowest BCUT2D eigenvalue weighted by Crippen LogP contribution is -1.99. The number of rotatable bonds is 39. The van der Waals surface area contributed by atoms with Crippen molar-refractivity contribution in [3.05, 3.63) is 28.8 Å². The molecule has 1 nitrogen and oxygen atoms in total. The zero-order valence-electron chi connectivity index (χ0n) is 36.9. The van der Waals surface area contributed by atoms with E-state index in [0.29, 0.717) is 5.75 Å². The van der Waals surface area contributed by atoms with Crippen LogP contribution in [0.2, 0.25) is 0 Å². The zero-order chi connectivity index (χ0) is 38.0. The Labute approximate surface area is 330 Å². The summed E-state index contributed by atoms with van der Waals surface area (Å²) in [6, 6.07) is 4.58. The van der Waals surface area contributed by atoms with Crippen LogP contribution in [-0.4, -0.2) is 5.11 Å². The van der Waals surface area contributed by atoms with E-state index in [1.165, 1.54) is 255 Å². The molecule has 0 radical (unpaired) electrons. The van der Waals surface area contributed by atoms with Gasteiger partial charge in [0.15, 0.2) is 0 Å². The fraction of sp³-hybridized carbons (Fsp3) is 0.882. The van der Waals surface area contributed by atoms with Gasteiger partial charge in [-0.1, -0.05) is 259 Å². The molecule has 0 spiro atoms. The molecule has 1 aromatic carbocycles. The molecule has 0 atom stereocenters. The van der Waals surface area contributed by atoms with E-state index in [4.69, 9.17) is 0 Å². The molecule has 0 unspecified atom stereocenters. The topological polar surface area (TPSA) is 20.2 Å². The van der Waals surface area contributed by atoms with E-state index in [0.717, 1.165) is 12.8 Å². The number of unbranched alkanes of at least 4 members (excludes halogenated alkanes) is 33. The standard InChI is InChI=1S/C43H80O.C8H18/c1-4-7-10-13-15-17-19-21-23-25-27-30-33-36-41-39-43(44)42(38-40(41)35-32-29-12-9-6-3)37-34-31-28-26-24-22-20-18-16-14-11-8-5-2;1-3-5-7-8-6-4-2/h38-39,44H,4-37H2,1-3H3;3-8H2,1-2H3. The Morgan fingerprint density at radius 3 is 0.692 bits per heavy atom. The third-order valence-electron chi connectivity index (χ3n) is 11.5. The van der Waals surface area contributed by atoms with Gasteiger partial charge in [0.2, 0.25) is 0 Å². The SMILES string of the molecule is CCCCCCCC.CCCCCCCCCCCCCCCc1cc(CCCCCCC)c(CCCCCCCCCCCCCCC)cc1O. The first-order valence-corrected chi connectivity index (χ1v) is 24.5. The van der Waals surface area contributed by atoms with Gasteiger partial charge in [0.05, 0.1) is 0 Å². The molecule has 52 heavy (non-hydrogen) atoms. The fourth-order valence-corrected chi connectivity index (χ4v) is 7.83. The van der Waals surface area contributed by atoms with E-state index in [-0.39, 0.29) is 0 Å². The van der Waals surface area contributed by atoms with Gasteiger partial charge in [-0.15, -0.1) is 0 Å². The number of hydrogen-bond acceptors (Lipinski definition) is 1. The first kappa shape index (κ1) is 51.0. The zero-order valence-corrected chi connectivity index (χ0v) is 36.9. The first-order chi connectivity index (χ1) is 25.6. The number of phenolic OH excluding ortho intramolecular Hbond substituents is 1. The molecule has 0 heterocycles. The Balaban J connectivity index is 0.00000289. The lowest BCUT2D eigenvalue weighted by molar-refractivity contribution is 0.464. The van der Waals surface area contributed by atoms with Crippen LogP contribution in [0.1, 0.15) is 289 Å². The van der Waals surface area contributed by atoms with Crippen LogP contribution in [0.4, 0.5) is 0 Å². The lowest BCUT2D eigenvalue weighted by atomic mass is 9.92. The molecule has 1 aromatic rings. The fourth-order valence-electron chi connectivity index (χ4n) is 7.83. The van der Waals surface area contributed by atoms with Crippen LogP contribution in [0.5, 0.6) is 5.75 Å². The van der Waals surface area contributed by atoms with Crippen LogP contribution >= 0.6 is 0 Å². The molecule has 1 rings (SSSR count). The van der Waals surface area contributed by atoms with Crippen molar-refractivity contribution in [1.29, 1.82) is 0 Å². The monoisotopic (exact) mass is 727 g/mol. The molecule has 0 amide bonds. The second-order valence-corrected chi connectivity index (χ2v) is 16.8. The third-order valence-corrected chi connectivity index (χ3v) is 11.5. The molecule has 308 valence electrons. The Bertz CT molecular complexity index is 806. The summed E-state index contributed by atoms with van der Waals surface area (Å²) in [5.74, 6) is 0.573. The van der Waals surface area contributed by atoms with Crippen LogP contribution in [0.3, 0.4) is 0 Å². The molecule has 0 aromatic heterocycles. The predicted molar refractivity (Wildman–Crippen MR) is 238 cm³/mol. The summed E-state index contributed by atoms with van der Waals surface area (Å²) in [4.78, 5) is 0. The highest BCUT2D eigenvalue weighted by Crippen LogP contribution is 2.28. The maximum absolute atomic E-state index is 11.0. The predicted octanol–water partition coefficient (Wildman–Crippen LogP) is 18.5. The number of benzene rings is 1. The van der Waals surface area contributed by atoms with Gasteiger partial charge in [-0.25, -0.2) is 0 Å². The van der Waals surface area contributed by atoms with Gasteiger partial charge < -0.3 is 5.11 Å².